The molecule has 0 aromatic carbocycles. The minimum Gasteiger partial charge on any atom is -0.696 e. The first-order chi connectivity index (χ1) is 1.41. The molecule has 0 bridgehead atoms. The first-order valence-electron chi connectivity index (χ1n) is 0.428. The molecule has 0 saturated heterocycles. The number of nitrogens with zero attached hydrogens (tertiary/aromatic N) is 1. The molecular formula is CH2N2S. The quantitative estimate of drug-likeness (QED) is 0.259. The second-order valence-electron chi connectivity index (χ2n) is 0.0913. The van der Waals surface area contributed by atoms with E-state index in [1.807, 2.05) is 0 Å². The van der Waals surface area contributed by atoms with E-state index in [-0.39, 0.29) is 6.15 Å². The van der Waals surface area contributed by atoms with Gasteiger partial charge in [-0.05, 0) is 0 Å². The highest BCUT2D eigenvalue weighted by Gasteiger charge is 0.867. The molecule has 0 amide bonds. The molecule has 3 heteroatoms. The summed E-state index contributed by atoms with van der Waals surface area (Å²) in [6.07, 6.45) is 0. The molecule has 2 nitrogen and oxygen atoms in total. The van der Waals surface area contributed by atoms with Gasteiger partial charge in [0.05, 0.1) is 0 Å². The van der Waals surface area contributed by atoms with Gasteiger partial charge < -0.3 is 12.6 Å². The van der Waals surface area contributed by atoms with Crippen molar-refractivity contribution in [2.45, 2.75) is 0 Å². The van der Waals surface area contributed by atoms with Gasteiger partial charge in [-0.3, -0.25) is 0 Å². The number of nitrogens with two attached hydrogens (primary N) is 1. The molecule has 0 saturated carbocycles. The average molecular weight is 74.1 g/mol. The first-order valence-corrected chi connectivity index (χ1v) is 0.836. The molecule has 0 atom stereocenters. The van der Waals surface area contributed by atoms with Crippen LogP contribution in [-0.4, -0.2) is 0 Å². The lowest BCUT2D eigenvalue weighted by atomic mass is 11.8. The second-order valence-corrected chi connectivity index (χ2v) is 0.274. The van der Waals surface area contributed by atoms with Crippen molar-refractivity contribution in [2.24, 2.45) is 0 Å². The lowest BCUT2D eigenvalue weighted by molar-refractivity contribution is -0.000000794. The van der Waals surface area contributed by atoms with Crippen LogP contribution in [0, 0.1) is 10.7 Å². The third kappa shape index (κ3) is 6.88. The highest BCUT2D eigenvalue weighted by atomic mass is 32.1. The van der Waals surface area contributed by atoms with E-state index in [4.69, 9.17) is 5.26 Å². The van der Waals surface area contributed by atoms with Crippen molar-refractivity contribution in [3.05, 3.63) is 0 Å². The Morgan fingerprint density at radius 3 is 1.75 bits per heavy atom. The Balaban J connectivity index is 0. The molecule has 0 spiro atoms. The van der Waals surface area contributed by atoms with Crippen molar-refractivity contribution in [3.8, 4) is 5.40 Å². The highest BCUT2D eigenvalue weighted by molar-refractivity contribution is 7.64. The van der Waals surface area contributed by atoms with Crippen molar-refractivity contribution in [1.82, 2.24) is 0 Å². The lowest BCUT2D eigenvalue weighted by Gasteiger charge is -1.53. The molecule has 4 heavy (non-hydrogen) atoms. The molecule has 0 unspecified atom stereocenters. The van der Waals surface area contributed by atoms with Crippen molar-refractivity contribution < 1.29 is 6.15 Å². The maximum absolute atomic E-state index is 7.13. The molecule has 0 aliphatic rings. The van der Waals surface area contributed by atoms with Gasteiger partial charge in [-0.2, -0.15) is 0 Å². The van der Waals surface area contributed by atoms with E-state index in [2.05, 4.69) is 12.6 Å². The smallest absolute Gasteiger partial charge is 0.0235 e. The Morgan fingerprint density at radius 1 is 1.75 bits per heavy atom. The Hall–Kier alpha value is -0.330. The van der Waals surface area contributed by atoms with E-state index in [1.165, 1.54) is 5.40 Å². The van der Waals surface area contributed by atoms with E-state index < -0.39 is 0 Å². The van der Waals surface area contributed by atoms with Crippen LogP contribution >= 0.6 is 0 Å². The molecule has 0 heterocycles. The predicted molar refractivity (Wildman–Crippen MR) is 14.9 cm³/mol. The van der Waals surface area contributed by atoms with Gasteiger partial charge in [0.15, 0.2) is 0 Å². The Morgan fingerprint density at radius 2 is 1.75 bits per heavy atom. The highest BCUT2D eigenvalue weighted by Crippen LogP contribution is 1.16. The van der Waals surface area contributed by atoms with Crippen LogP contribution in [0.5, 0.6) is 0 Å². The van der Waals surface area contributed by atoms with Crippen LogP contribution in [0.2, 0.25) is 0 Å². The van der Waals surface area contributed by atoms with Crippen molar-refractivity contribution >= 4 is 12.6 Å². The fourth-order valence-electron chi connectivity index (χ4n) is 0. The predicted octanol–water partition coefficient (Wildman–Crippen LogP) is -1.51. The summed E-state index contributed by atoms with van der Waals surface area (Å²) in [5.74, 6) is 0. The van der Waals surface area contributed by atoms with Crippen LogP contribution in [0.4, 0.5) is 0 Å². The lowest BCUT2D eigenvalue weighted by Crippen LogP contribution is -1.95. The number of hydrogen-bond donors (Lipinski definition) is 0. The molecule has 2 N–H and O–H groups in total. The van der Waals surface area contributed by atoms with E-state index in [0.717, 1.165) is 0 Å². The van der Waals surface area contributed by atoms with E-state index >= 15 is 0 Å². The fraction of sp³-hybridized carbons (Fsp3) is 0. The first kappa shape index (κ1) is 9.38. The van der Waals surface area contributed by atoms with Gasteiger partial charge in [0.2, 0.25) is 0 Å². The minimum absolute atomic E-state index is 0. The molecule has 2 radical (unpaired) electrons. The summed E-state index contributed by atoms with van der Waals surface area (Å²) in [5, 5.41) is 8.47. The Kier molecular flexibility index (Phi) is 38.9. The van der Waals surface area contributed by atoms with Crippen LogP contribution in [0.25, 0.3) is 0 Å². The van der Waals surface area contributed by atoms with Crippen LogP contribution in [-0.2, 0) is 12.6 Å². The summed E-state index contributed by atoms with van der Waals surface area (Å²) >= 11 is 3.70. The summed E-state index contributed by atoms with van der Waals surface area (Å²) in [4.78, 5) is 0. The van der Waals surface area contributed by atoms with Gasteiger partial charge in [0.1, 0.15) is 0 Å². The summed E-state index contributed by atoms with van der Waals surface area (Å²) in [7, 11) is 0. The Labute approximate surface area is 30.4 Å². The van der Waals surface area contributed by atoms with Crippen LogP contribution < -0.4 is 6.15 Å². The zero-order valence-electron chi connectivity index (χ0n) is 1.93. The van der Waals surface area contributed by atoms with Crippen LogP contribution in [0.15, 0.2) is 0 Å². The van der Waals surface area contributed by atoms with Crippen LogP contribution in [0.3, 0.4) is 0 Å². The minimum atomic E-state index is 0. The molecule has 0 aromatic heterocycles. The third-order valence-electron chi connectivity index (χ3n) is 0. The zero-order chi connectivity index (χ0) is 2.71. The number of hydrogen-bond acceptors (Lipinski definition) is 2. The Bertz CT molecular complexity index is 27.5. The maximum Gasteiger partial charge on any atom is 0.0235 e. The van der Waals surface area contributed by atoms with Gasteiger partial charge >= 0.3 is 0 Å². The zero-order valence-corrected chi connectivity index (χ0v) is 2.75. The molecule has 0 fully saturated rings. The summed E-state index contributed by atoms with van der Waals surface area (Å²) in [6.45, 7) is 0. The van der Waals surface area contributed by atoms with Crippen LogP contribution in [0.1, 0.15) is 0 Å². The maximum atomic E-state index is 7.13. The topological polar surface area (TPSA) is 57.3 Å². The number of nitriles is 1. The largest absolute Gasteiger partial charge is 0.696 e. The molecule has 0 aromatic rings. The molecule has 22 valence electrons. The normalized spacial score (nSPS) is 1.75. The molecule has 0 aliphatic carbocycles. The second kappa shape index (κ2) is 16.6. The van der Waals surface area contributed by atoms with Gasteiger partial charge in [-0.25, -0.2) is 5.26 Å². The van der Waals surface area contributed by atoms with Gasteiger partial charge in [0.25, 0.3) is 0 Å². The third-order valence-corrected chi connectivity index (χ3v) is 0. The monoisotopic (exact) mass is 74.0 g/mol. The molecule has 0 rings (SSSR count). The van der Waals surface area contributed by atoms with Gasteiger partial charge in [-0.15, -0.1) is 0 Å². The van der Waals surface area contributed by atoms with Crippen molar-refractivity contribution in [2.75, 3.05) is 0 Å². The van der Waals surface area contributed by atoms with E-state index in [0.29, 0.717) is 0 Å². The van der Waals surface area contributed by atoms with E-state index in [9.17, 15) is 0 Å². The van der Waals surface area contributed by atoms with Crippen molar-refractivity contribution in [1.29, 1.82) is 5.26 Å². The average Bonchev–Trinajstić information content (AvgIpc) is 0.918. The summed E-state index contributed by atoms with van der Waals surface area (Å²) < 4.78 is 0. The number of rotatable bonds is 0. The molecule has 0 aliphatic heterocycles. The standard InChI is InChI=1S/CHNS.H2N/c2-1-3;/h3H;1H2/q;+1/p-1. The fourth-order valence-corrected chi connectivity index (χ4v) is 0. The van der Waals surface area contributed by atoms with E-state index in [1.54, 1.807) is 0 Å². The molecular weight excluding hydrogens is 72.1 g/mol. The SMILES string of the molecule is N#C[S-].[NH2+]. The summed E-state index contributed by atoms with van der Waals surface area (Å²) in [6, 6.07) is 0. The van der Waals surface area contributed by atoms with Crippen molar-refractivity contribution in [3.63, 3.8) is 0 Å². The van der Waals surface area contributed by atoms with Gasteiger partial charge in [-0.1, -0.05) is 5.40 Å². The van der Waals surface area contributed by atoms with Gasteiger partial charge in [0, 0.05) is 6.15 Å². The summed E-state index contributed by atoms with van der Waals surface area (Å²) in [5.41, 5.74) is 0. The number of thiocyanates is 1.